The van der Waals surface area contributed by atoms with Gasteiger partial charge in [-0.3, -0.25) is 4.57 Å². The first-order valence-electron chi connectivity index (χ1n) is 5.74. The van der Waals surface area contributed by atoms with Crippen molar-refractivity contribution < 1.29 is 4.74 Å². The van der Waals surface area contributed by atoms with E-state index in [-0.39, 0.29) is 5.69 Å². The maximum absolute atomic E-state index is 11.5. The van der Waals surface area contributed by atoms with Crippen molar-refractivity contribution in [2.45, 2.75) is 13.0 Å². The van der Waals surface area contributed by atoms with Crippen LogP contribution >= 0.6 is 0 Å². The van der Waals surface area contributed by atoms with Crippen LogP contribution in [0, 0.1) is 0 Å². The molecule has 2 N–H and O–H groups in total. The molecule has 0 aliphatic carbocycles. The molecule has 0 aliphatic rings. The summed E-state index contributed by atoms with van der Waals surface area (Å²) in [5, 5.41) is 3.96. The number of anilines is 1. The second-order valence-corrected chi connectivity index (χ2v) is 3.99. The summed E-state index contributed by atoms with van der Waals surface area (Å²) in [7, 11) is 1.67. The fraction of sp³-hybridized carbons (Fsp3) is 0.333. The first kappa shape index (κ1) is 12.2. The number of para-hydroxylation sites is 2. The molecule has 0 atom stereocenters. The van der Waals surface area contributed by atoms with Crippen LogP contribution in [0.2, 0.25) is 0 Å². The van der Waals surface area contributed by atoms with E-state index in [0.29, 0.717) is 31.0 Å². The molecule has 1 aromatic carbocycles. The zero-order chi connectivity index (χ0) is 13.0. The molecule has 0 unspecified atom stereocenters. The number of hydrogen-bond donors (Lipinski definition) is 1. The number of ether oxygens (including phenoxy) is 1. The zero-order valence-corrected chi connectivity index (χ0v) is 10.2. The molecule has 0 spiro atoms. The molecular weight excluding hydrogens is 232 g/mol. The highest BCUT2D eigenvalue weighted by molar-refractivity contribution is 5.51. The lowest BCUT2D eigenvalue weighted by molar-refractivity contribution is 0.299. The van der Waals surface area contributed by atoms with Crippen molar-refractivity contribution in [3.05, 3.63) is 41.1 Å². The van der Waals surface area contributed by atoms with Crippen molar-refractivity contribution in [3.63, 3.8) is 0 Å². The highest BCUT2D eigenvalue weighted by atomic mass is 16.5. The van der Waals surface area contributed by atoms with Gasteiger partial charge >= 0.3 is 5.69 Å². The Labute approximate surface area is 105 Å². The minimum atomic E-state index is -0.116. The van der Waals surface area contributed by atoms with Gasteiger partial charge in [0.2, 0.25) is 0 Å². The molecule has 0 bridgehead atoms. The Morgan fingerprint density at radius 1 is 1.39 bits per heavy atom. The molecule has 18 heavy (non-hydrogen) atoms. The second-order valence-electron chi connectivity index (χ2n) is 3.99. The number of nitrogens with two attached hydrogens (primary N) is 1. The Bertz CT molecular complexity index is 573. The number of benzene rings is 1. The summed E-state index contributed by atoms with van der Waals surface area (Å²) in [5.41, 5.74) is 6.25. The van der Waals surface area contributed by atoms with E-state index in [2.05, 4.69) is 5.10 Å². The normalized spacial score (nSPS) is 10.5. The Morgan fingerprint density at radius 2 is 2.17 bits per heavy atom. The van der Waals surface area contributed by atoms with Gasteiger partial charge in [-0.25, -0.2) is 9.48 Å². The maximum atomic E-state index is 11.5. The maximum Gasteiger partial charge on any atom is 0.345 e. The van der Waals surface area contributed by atoms with E-state index < -0.39 is 0 Å². The fourth-order valence-corrected chi connectivity index (χ4v) is 1.58. The molecule has 0 amide bonds. The van der Waals surface area contributed by atoms with Crippen LogP contribution in [0.5, 0.6) is 5.75 Å². The SMILES string of the molecule is Cn1cnn(CCCOc2ccccc2N)c1=O. The third-order valence-corrected chi connectivity index (χ3v) is 2.58. The molecule has 0 fully saturated rings. The van der Waals surface area contributed by atoms with Crippen LogP contribution in [-0.4, -0.2) is 21.0 Å². The van der Waals surface area contributed by atoms with Gasteiger partial charge in [-0.1, -0.05) is 12.1 Å². The van der Waals surface area contributed by atoms with Crippen molar-refractivity contribution in [2.75, 3.05) is 12.3 Å². The number of aryl methyl sites for hydroxylation is 2. The van der Waals surface area contributed by atoms with Gasteiger partial charge in [0.1, 0.15) is 12.1 Å². The summed E-state index contributed by atoms with van der Waals surface area (Å²) in [6, 6.07) is 7.34. The predicted molar refractivity (Wildman–Crippen MR) is 68.4 cm³/mol. The monoisotopic (exact) mass is 248 g/mol. The molecule has 6 heteroatoms. The van der Waals surface area contributed by atoms with Crippen LogP contribution in [0.1, 0.15) is 6.42 Å². The smallest absolute Gasteiger partial charge is 0.345 e. The van der Waals surface area contributed by atoms with Crippen molar-refractivity contribution in [3.8, 4) is 5.75 Å². The Morgan fingerprint density at radius 3 is 2.83 bits per heavy atom. The summed E-state index contributed by atoms with van der Waals surface area (Å²) < 4.78 is 8.39. The molecule has 0 radical (unpaired) electrons. The lowest BCUT2D eigenvalue weighted by Gasteiger charge is -2.07. The topological polar surface area (TPSA) is 75.1 Å². The van der Waals surface area contributed by atoms with E-state index in [9.17, 15) is 4.79 Å². The molecule has 2 aromatic rings. The van der Waals surface area contributed by atoms with Crippen molar-refractivity contribution in [2.24, 2.45) is 7.05 Å². The number of aromatic nitrogens is 3. The van der Waals surface area contributed by atoms with Crippen LogP contribution in [0.25, 0.3) is 0 Å². The fourth-order valence-electron chi connectivity index (χ4n) is 1.58. The molecule has 6 nitrogen and oxygen atoms in total. The van der Waals surface area contributed by atoms with Gasteiger partial charge in [-0.15, -0.1) is 0 Å². The number of rotatable bonds is 5. The average Bonchev–Trinajstić information content (AvgIpc) is 2.68. The van der Waals surface area contributed by atoms with Crippen molar-refractivity contribution >= 4 is 5.69 Å². The first-order chi connectivity index (χ1) is 8.68. The van der Waals surface area contributed by atoms with Crippen LogP contribution in [0.15, 0.2) is 35.4 Å². The van der Waals surface area contributed by atoms with E-state index in [0.717, 1.165) is 0 Å². The van der Waals surface area contributed by atoms with Crippen LogP contribution in [0.3, 0.4) is 0 Å². The standard InChI is InChI=1S/C12H16N4O2/c1-15-9-14-16(12(15)17)7-4-8-18-11-6-3-2-5-10(11)13/h2-3,5-6,9H,4,7-8,13H2,1H3. The Kier molecular flexibility index (Phi) is 3.66. The van der Waals surface area contributed by atoms with Crippen molar-refractivity contribution in [1.82, 2.24) is 14.3 Å². The van der Waals surface area contributed by atoms with Crippen molar-refractivity contribution in [1.29, 1.82) is 0 Å². The Hall–Kier alpha value is -2.24. The molecule has 0 saturated heterocycles. The number of nitrogen functional groups attached to an aromatic ring is 1. The van der Waals surface area contributed by atoms with Gasteiger partial charge in [0.25, 0.3) is 0 Å². The quantitative estimate of drug-likeness (QED) is 0.622. The highest BCUT2D eigenvalue weighted by Gasteiger charge is 2.02. The molecule has 0 saturated carbocycles. The first-order valence-corrected chi connectivity index (χ1v) is 5.74. The molecule has 96 valence electrons. The minimum absolute atomic E-state index is 0.116. The van der Waals surface area contributed by atoms with Crippen LogP contribution in [0.4, 0.5) is 5.69 Å². The lowest BCUT2D eigenvalue weighted by Crippen LogP contribution is -2.23. The summed E-state index contributed by atoms with van der Waals surface area (Å²) >= 11 is 0. The average molecular weight is 248 g/mol. The summed E-state index contributed by atoms with van der Waals surface area (Å²) in [4.78, 5) is 11.5. The van der Waals surface area contributed by atoms with Gasteiger partial charge in [0.15, 0.2) is 0 Å². The van der Waals surface area contributed by atoms with Gasteiger partial charge < -0.3 is 10.5 Å². The highest BCUT2D eigenvalue weighted by Crippen LogP contribution is 2.19. The van der Waals surface area contributed by atoms with E-state index in [4.69, 9.17) is 10.5 Å². The van der Waals surface area contributed by atoms with E-state index in [1.54, 1.807) is 13.1 Å². The second kappa shape index (κ2) is 5.39. The summed E-state index contributed by atoms with van der Waals surface area (Å²) in [6.45, 7) is 1.03. The number of hydrogen-bond acceptors (Lipinski definition) is 4. The van der Waals surface area contributed by atoms with Crippen LogP contribution in [-0.2, 0) is 13.6 Å². The molecule has 0 aliphatic heterocycles. The Balaban J connectivity index is 1.82. The molecule has 1 aromatic heterocycles. The van der Waals surface area contributed by atoms with Gasteiger partial charge in [-0.2, -0.15) is 5.10 Å². The lowest BCUT2D eigenvalue weighted by atomic mass is 10.3. The largest absolute Gasteiger partial charge is 0.491 e. The van der Waals surface area contributed by atoms with E-state index in [1.807, 2.05) is 18.2 Å². The molecular formula is C12H16N4O2. The van der Waals surface area contributed by atoms with Gasteiger partial charge in [0.05, 0.1) is 12.3 Å². The third-order valence-electron chi connectivity index (χ3n) is 2.58. The van der Waals surface area contributed by atoms with Gasteiger partial charge in [-0.05, 0) is 12.1 Å². The third kappa shape index (κ3) is 2.71. The number of nitrogens with zero attached hydrogens (tertiary/aromatic N) is 3. The molecule has 1 heterocycles. The van der Waals surface area contributed by atoms with E-state index >= 15 is 0 Å². The summed E-state index contributed by atoms with van der Waals surface area (Å²) in [5.74, 6) is 0.672. The zero-order valence-electron chi connectivity index (χ0n) is 10.2. The molecule has 2 rings (SSSR count). The van der Waals surface area contributed by atoms with Crippen LogP contribution < -0.4 is 16.2 Å². The summed E-state index contributed by atoms with van der Waals surface area (Å²) in [6.07, 6.45) is 2.20. The van der Waals surface area contributed by atoms with E-state index in [1.165, 1.54) is 15.6 Å². The predicted octanol–water partition coefficient (Wildman–Crippen LogP) is 0.633. The van der Waals surface area contributed by atoms with Gasteiger partial charge in [0, 0.05) is 20.0 Å². The minimum Gasteiger partial charge on any atom is -0.491 e.